The van der Waals surface area contributed by atoms with Gasteiger partial charge in [0, 0.05) is 6.04 Å². The summed E-state index contributed by atoms with van der Waals surface area (Å²) in [6, 6.07) is 6.81. The molecule has 0 atom stereocenters. The molecule has 0 fully saturated rings. The molecule has 21 heavy (non-hydrogen) atoms. The van der Waals surface area contributed by atoms with E-state index in [4.69, 9.17) is 15.2 Å². The van der Waals surface area contributed by atoms with E-state index >= 15 is 0 Å². The van der Waals surface area contributed by atoms with Crippen LogP contribution in [0.5, 0.6) is 5.75 Å². The van der Waals surface area contributed by atoms with Crippen LogP contribution >= 0.6 is 0 Å². The van der Waals surface area contributed by atoms with Crippen LogP contribution in [0.15, 0.2) is 24.3 Å². The van der Waals surface area contributed by atoms with Crippen LogP contribution in [0.3, 0.4) is 0 Å². The third-order valence-electron chi connectivity index (χ3n) is 2.82. The van der Waals surface area contributed by atoms with Crippen molar-refractivity contribution in [2.24, 2.45) is 0 Å². The highest BCUT2D eigenvalue weighted by molar-refractivity contribution is 5.83. The lowest BCUT2D eigenvalue weighted by Gasteiger charge is -2.25. The monoisotopic (exact) mass is 294 g/mol. The molecule has 0 saturated heterocycles. The summed E-state index contributed by atoms with van der Waals surface area (Å²) in [5.41, 5.74) is 6.20. The van der Waals surface area contributed by atoms with E-state index in [1.54, 1.807) is 31.2 Å². The number of amides is 1. The van der Waals surface area contributed by atoms with E-state index in [1.807, 2.05) is 13.8 Å². The number of nitrogen functional groups attached to an aromatic ring is 1. The van der Waals surface area contributed by atoms with Gasteiger partial charge in [0.05, 0.1) is 12.3 Å². The fourth-order valence-electron chi connectivity index (χ4n) is 1.74. The fraction of sp³-hybridized carbons (Fsp3) is 0.467. The average Bonchev–Trinajstić information content (AvgIpc) is 2.43. The van der Waals surface area contributed by atoms with E-state index in [0.717, 1.165) is 0 Å². The molecule has 6 nitrogen and oxygen atoms in total. The van der Waals surface area contributed by atoms with Crippen molar-refractivity contribution >= 4 is 17.6 Å². The third-order valence-corrected chi connectivity index (χ3v) is 2.82. The number of nitrogens with zero attached hydrogens (tertiary/aromatic N) is 1. The van der Waals surface area contributed by atoms with E-state index in [1.165, 1.54) is 4.90 Å². The smallest absolute Gasteiger partial charge is 0.325 e. The lowest BCUT2D eigenvalue weighted by atomic mass is 10.3. The van der Waals surface area contributed by atoms with Gasteiger partial charge in [-0.1, -0.05) is 12.1 Å². The average molecular weight is 294 g/mol. The van der Waals surface area contributed by atoms with Crippen LogP contribution in [0.4, 0.5) is 5.69 Å². The van der Waals surface area contributed by atoms with Crippen LogP contribution in [0.1, 0.15) is 20.8 Å². The van der Waals surface area contributed by atoms with E-state index in [0.29, 0.717) is 11.4 Å². The highest BCUT2D eigenvalue weighted by Gasteiger charge is 2.21. The van der Waals surface area contributed by atoms with Crippen molar-refractivity contribution in [1.82, 2.24) is 4.90 Å². The molecule has 0 heterocycles. The molecule has 1 amide bonds. The zero-order valence-electron chi connectivity index (χ0n) is 12.7. The minimum absolute atomic E-state index is 0.0853. The standard InChI is InChI=1S/C15H22N2O4/c1-4-20-15(19)9-17(11(2)3)14(18)10-21-13-8-6-5-7-12(13)16/h5-8,11H,4,9-10,16H2,1-3H3. The van der Waals surface area contributed by atoms with Crippen LogP contribution < -0.4 is 10.5 Å². The SMILES string of the molecule is CCOC(=O)CN(C(=O)COc1ccccc1N)C(C)C. The number of carbonyl (C=O) groups is 2. The molecule has 0 radical (unpaired) electrons. The molecule has 6 heteroatoms. The third kappa shape index (κ3) is 5.33. The Labute approximate surface area is 124 Å². The molecule has 116 valence electrons. The molecule has 1 aromatic carbocycles. The summed E-state index contributed by atoms with van der Waals surface area (Å²) in [4.78, 5) is 25.1. The van der Waals surface area contributed by atoms with Gasteiger partial charge in [-0.15, -0.1) is 0 Å². The van der Waals surface area contributed by atoms with Gasteiger partial charge in [-0.25, -0.2) is 0 Å². The molecule has 0 aliphatic rings. The lowest BCUT2D eigenvalue weighted by Crippen LogP contribution is -2.43. The minimum Gasteiger partial charge on any atom is -0.482 e. The van der Waals surface area contributed by atoms with Crippen LogP contribution in [0.2, 0.25) is 0 Å². The first kappa shape index (κ1) is 16.8. The summed E-state index contributed by atoms with van der Waals surface area (Å²) in [6.07, 6.45) is 0. The van der Waals surface area contributed by atoms with Gasteiger partial charge in [0.2, 0.25) is 0 Å². The molecule has 2 N–H and O–H groups in total. The van der Waals surface area contributed by atoms with Gasteiger partial charge in [0.15, 0.2) is 6.61 Å². The summed E-state index contributed by atoms with van der Waals surface area (Å²) in [7, 11) is 0. The summed E-state index contributed by atoms with van der Waals surface area (Å²) < 4.78 is 10.3. The van der Waals surface area contributed by atoms with Gasteiger partial charge in [-0.05, 0) is 32.9 Å². The van der Waals surface area contributed by atoms with Crippen molar-refractivity contribution in [3.05, 3.63) is 24.3 Å². The predicted octanol–water partition coefficient (Wildman–Crippen LogP) is 1.45. The van der Waals surface area contributed by atoms with E-state index in [-0.39, 0.29) is 31.7 Å². The Morgan fingerprint density at radius 1 is 1.29 bits per heavy atom. The van der Waals surface area contributed by atoms with E-state index in [9.17, 15) is 9.59 Å². The number of rotatable bonds is 7. The summed E-state index contributed by atoms with van der Waals surface area (Å²) in [5, 5.41) is 0. The molecule has 0 saturated carbocycles. The Bertz CT molecular complexity index is 488. The molecule has 0 unspecified atom stereocenters. The zero-order chi connectivity index (χ0) is 15.8. The molecule has 1 aromatic rings. The first-order chi connectivity index (χ1) is 9.95. The second-order valence-electron chi connectivity index (χ2n) is 4.75. The maximum atomic E-state index is 12.2. The second-order valence-corrected chi connectivity index (χ2v) is 4.75. The van der Waals surface area contributed by atoms with Crippen molar-refractivity contribution in [1.29, 1.82) is 0 Å². The van der Waals surface area contributed by atoms with Gasteiger partial charge >= 0.3 is 5.97 Å². The first-order valence-corrected chi connectivity index (χ1v) is 6.88. The number of carbonyl (C=O) groups excluding carboxylic acids is 2. The molecule has 0 spiro atoms. The highest BCUT2D eigenvalue weighted by Crippen LogP contribution is 2.19. The molecule has 0 bridgehead atoms. The fourth-order valence-corrected chi connectivity index (χ4v) is 1.74. The van der Waals surface area contributed by atoms with E-state index in [2.05, 4.69) is 0 Å². The second kappa shape index (κ2) is 8.14. The number of hydrogen-bond acceptors (Lipinski definition) is 5. The number of hydrogen-bond donors (Lipinski definition) is 1. The number of anilines is 1. The molecule has 0 aliphatic carbocycles. The zero-order valence-corrected chi connectivity index (χ0v) is 12.7. The summed E-state index contributed by atoms with van der Waals surface area (Å²) in [5.74, 6) is -0.272. The quantitative estimate of drug-likeness (QED) is 0.608. The van der Waals surface area contributed by atoms with E-state index < -0.39 is 5.97 Å². The lowest BCUT2D eigenvalue weighted by molar-refractivity contribution is -0.150. The maximum absolute atomic E-state index is 12.2. The van der Waals surface area contributed by atoms with Gasteiger partial charge in [-0.2, -0.15) is 0 Å². The predicted molar refractivity (Wildman–Crippen MR) is 79.8 cm³/mol. The number of benzene rings is 1. The molecular formula is C15H22N2O4. The molecular weight excluding hydrogens is 272 g/mol. The Hall–Kier alpha value is -2.24. The van der Waals surface area contributed by atoms with Gasteiger partial charge in [-0.3, -0.25) is 9.59 Å². The Balaban J connectivity index is 2.61. The van der Waals surface area contributed by atoms with Gasteiger partial charge in [0.25, 0.3) is 5.91 Å². The Kier molecular flexibility index (Phi) is 6.52. The molecule has 1 rings (SSSR count). The topological polar surface area (TPSA) is 81.9 Å². The van der Waals surface area contributed by atoms with Crippen LogP contribution in [0, 0.1) is 0 Å². The number of esters is 1. The molecule has 0 aliphatic heterocycles. The Morgan fingerprint density at radius 2 is 1.95 bits per heavy atom. The Morgan fingerprint density at radius 3 is 2.52 bits per heavy atom. The van der Waals surface area contributed by atoms with Gasteiger partial charge < -0.3 is 20.1 Å². The van der Waals surface area contributed by atoms with Crippen molar-refractivity contribution < 1.29 is 19.1 Å². The number of para-hydroxylation sites is 2. The van der Waals surface area contributed by atoms with Crippen molar-refractivity contribution in [3.63, 3.8) is 0 Å². The summed E-state index contributed by atoms with van der Waals surface area (Å²) in [6.45, 7) is 5.41. The largest absolute Gasteiger partial charge is 0.482 e. The van der Waals surface area contributed by atoms with Crippen LogP contribution in [-0.2, 0) is 14.3 Å². The number of ether oxygens (including phenoxy) is 2. The van der Waals surface area contributed by atoms with Crippen molar-refractivity contribution in [3.8, 4) is 5.75 Å². The molecule has 0 aromatic heterocycles. The highest BCUT2D eigenvalue weighted by atomic mass is 16.5. The van der Waals surface area contributed by atoms with Gasteiger partial charge in [0.1, 0.15) is 12.3 Å². The normalized spacial score (nSPS) is 10.3. The first-order valence-electron chi connectivity index (χ1n) is 6.88. The van der Waals surface area contributed by atoms with Crippen LogP contribution in [0.25, 0.3) is 0 Å². The van der Waals surface area contributed by atoms with Crippen molar-refractivity contribution in [2.45, 2.75) is 26.8 Å². The maximum Gasteiger partial charge on any atom is 0.325 e. The number of nitrogens with two attached hydrogens (primary N) is 1. The summed E-state index contributed by atoms with van der Waals surface area (Å²) >= 11 is 0. The van der Waals surface area contributed by atoms with Crippen LogP contribution in [-0.4, -0.2) is 42.6 Å². The van der Waals surface area contributed by atoms with Crippen molar-refractivity contribution in [2.75, 3.05) is 25.5 Å². The minimum atomic E-state index is -0.432.